The topological polar surface area (TPSA) is 107 Å². The Bertz CT molecular complexity index is 1260. The fraction of sp³-hybridized carbons (Fsp3) is 0.304. The number of halogens is 1. The Morgan fingerprint density at radius 3 is 2.81 bits per heavy atom. The number of aromatic nitrogens is 3. The summed E-state index contributed by atoms with van der Waals surface area (Å²) in [4.78, 5) is 17.8. The van der Waals surface area contributed by atoms with Gasteiger partial charge in [-0.1, -0.05) is 13.8 Å². The Labute approximate surface area is 179 Å². The molecule has 3 aromatic rings. The number of aryl methyl sites for hydroxylation is 1. The van der Waals surface area contributed by atoms with Gasteiger partial charge in [-0.2, -0.15) is 10.4 Å². The molecule has 1 aliphatic rings. The molecule has 3 heterocycles. The summed E-state index contributed by atoms with van der Waals surface area (Å²) < 4.78 is 21.6. The van der Waals surface area contributed by atoms with Gasteiger partial charge < -0.3 is 10.5 Å². The second-order valence-corrected chi connectivity index (χ2v) is 8.39. The molecule has 0 unspecified atom stereocenters. The first kappa shape index (κ1) is 20.5. The largest absolute Gasteiger partial charge is 0.482 e. The third-order valence-electron chi connectivity index (χ3n) is 5.62. The van der Waals surface area contributed by atoms with Crippen molar-refractivity contribution in [3.8, 4) is 22.9 Å². The quantitative estimate of drug-likeness (QED) is 0.591. The van der Waals surface area contributed by atoms with E-state index in [1.165, 1.54) is 22.9 Å². The zero-order valence-electron chi connectivity index (χ0n) is 17.7. The summed E-state index contributed by atoms with van der Waals surface area (Å²) in [5, 5.41) is 14.3. The van der Waals surface area contributed by atoms with E-state index in [1.54, 1.807) is 26.2 Å². The number of nitriles is 1. The molecule has 7 nitrogen and oxygen atoms in total. The number of carbonyl (C=O) groups is 1. The number of anilines is 1. The summed E-state index contributed by atoms with van der Waals surface area (Å²) in [5.74, 6) is -0.187. The van der Waals surface area contributed by atoms with E-state index in [0.717, 1.165) is 0 Å². The Balaban J connectivity index is 2.02. The number of hydrogen-bond acceptors (Lipinski definition) is 6. The van der Waals surface area contributed by atoms with Crippen molar-refractivity contribution in [3.63, 3.8) is 0 Å². The molecule has 0 saturated heterocycles. The van der Waals surface area contributed by atoms with Crippen molar-refractivity contribution in [2.75, 3.05) is 5.73 Å². The maximum Gasteiger partial charge on any atom is 0.169 e. The SMILES string of the molecule is C[C@H]1Oc2cc(cnc2N)-c2c(nn(C)c2C#N)CC(C)(C)C(=O)c2ccc(F)cc21. The van der Waals surface area contributed by atoms with Crippen molar-refractivity contribution in [1.82, 2.24) is 14.8 Å². The molecule has 0 saturated carbocycles. The van der Waals surface area contributed by atoms with Crippen LogP contribution in [0.1, 0.15) is 54.2 Å². The number of ketones is 1. The molecule has 0 fully saturated rings. The van der Waals surface area contributed by atoms with Gasteiger partial charge in [-0.05, 0) is 31.2 Å². The molecule has 0 amide bonds. The predicted octanol–water partition coefficient (Wildman–Crippen LogP) is 3.98. The standard InChI is InChI=1S/C23H22FN5O2/c1-12-16-8-14(24)5-6-15(16)21(30)23(2,3)9-17-20(18(10-25)29(4)28-17)13-7-19(31-12)22(26)27-11-13/h5-8,11-12H,9H2,1-4H3,(H2,26,27)/t12-/m1/s1. The van der Waals surface area contributed by atoms with Gasteiger partial charge in [0.1, 0.15) is 23.7 Å². The highest BCUT2D eigenvalue weighted by Gasteiger charge is 2.35. The van der Waals surface area contributed by atoms with Crippen LogP contribution in [0.15, 0.2) is 30.5 Å². The molecule has 31 heavy (non-hydrogen) atoms. The van der Waals surface area contributed by atoms with E-state index < -0.39 is 17.3 Å². The number of Topliss-reactive ketones (excluding diaryl/α,β-unsaturated/α-hetero) is 1. The van der Waals surface area contributed by atoms with Gasteiger partial charge in [0.25, 0.3) is 0 Å². The zero-order valence-corrected chi connectivity index (χ0v) is 17.7. The van der Waals surface area contributed by atoms with Crippen LogP contribution in [0.2, 0.25) is 0 Å². The van der Waals surface area contributed by atoms with E-state index in [1.807, 2.05) is 13.8 Å². The second-order valence-electron chi connectivity index (χ2n) is 8.39. The normalized spacial score (nSPS) is 17.4. The third kappa shape index (κ3) is 3.42. The summed E-state index contributed by atoms with van der Waals surface area (Å²) in [7, 11) is 1.68. The molecule has 1 atom stereocenters. The number of carbonyl (C=O) groups excluding carboxylic acids is 1. The molecule has 0 radical (unpaired) electrons. The van der Waals surface area contributed by atoms with E-state index in [-0.39, 0.29) is 23.8 Å². The van der Waals surface area contributed by atoms with Crippen molar-refractivity contribution in [3.05, 3.63) is 58.8 Å². The molecule has 158 valence electrons. The maximum absolute atomic E-state index is 14.1. The highest BCUT2D eigenvalue weighted by atomic mass is 19.1. The monoisotopic (exact) mass is 419 g/mol. The molecule has 8 heteroatoms. The Kier molecular flexibility index (Phi) is 4.77. The summed E-state index contributed by atoms with van der Waals surface area (Å²) >= 11 is 0. The van der Waals surface area contributed by atoms with Crippen molar-refractivity contribution in [2.24, 2.45) is 12.5 Å². The second kappa shape index (κ2) is 7.20. The lowest BCUT2D eigenvalue weighted by molar-refractivity contribution is 0.0831. The molecule has 0 spiro atoms. The first-order valence-corrected chi connectivity index (χ1v) is 9.85. The fourth-order valence-corrected chi connectivity index (χ4v) is 4.02. The van der Waals surface area contributed by atoms with Crippen LogP contribution in [-0.4, -0.2) is 20.5 Å². The van der Waals surface area contributed by atoms with Crippen LogP contribution in [0.25, 0.3) is 11.1 Å². The average Bonchev–Trinajstić information content (AvgIpc) is 3.02. The minimum atomic E-state index is -0.870. The van der Waals surface area contributed by atoms with Crippen molar-refractivity contribution < 1.29 is 13.9 Å². The van der Waals surface area contributed by atoms with E-state index in [9.17, 15) is 14.4 Å². The van der Waals surface area contributed by atoms with Crippen LogP contribution < -0.4 is 10.5 Å². The highest BCUT2D eigenvalue weighted by molar-refractivity contribution is 6.01. The summed E-state index contributed by atoms with van der Waals surface area (Å²) in [6, 6.07) is 7.95. The van der Waals surface area contributed by atoms with Gasteiger partial charge in [0.2, 0.25) is 0 Å². The van der Waals surface area contributed by atoms with Gasteiger partial charge >= 0.3 is 0 Å². The predicted molar refractivity (Wildman–Crippen MR) is 113 cm³/mol. The molecule has 2 aromatic heterocycles. The lowest BCUT2D eigenvalue weighted by Crippen LogP contribution is -2.29. The Morgan fingerprint density at radius 1 is 1.35 bits per heavy atom. The van der Waals surface area contributed by atoms with Crippen LogP contribution >= 0.6 is 0 Å². The van der Waals surface area contributed by atoms with E-state index in [2.05, 4.69) is 16.2 Å². The Hall–Kier alpha value is -3.73. The summed E-state index contributed by atoms with van der Waals surface area (Å²) in [5.41, 5.74) is 8.11. The zero-order chi connectivity index (χ0) is 22.5. The molecule has 2 bridgehead atoms. The number of fused-ring (bicyclic) bond motifs is 5. The van der Waals surface area contributed by atoms with Gasteiger partial charge in [-0.3, -0.25) is 9.48 Å². The number of nitrogens with two attached hydrogens (primary N) is 1. The molecule has 2 N–H and O–H groups in total. The number of benzene rings is 1. The van der Waals surface area contributed by atoms with Crippen LogP contribution in [0.3, 0.4) is 0 Å². The number of ether oxygens (including phenoxy) is 1. The Morgan fingerprint density at radius 2 is 2.10 bits per heavy atom. The van der Waals surface area contributed by atoms with Crippen molar-refractivity contribution in [1.29, 1.82) is 5.26 Å². The van der Waals surface area contributed by atoms with Crippen LogP contribution in [0, 0.1) is 22.6 Å². The number of rotatable bonds is 0. The van der Waals surface area contributed by atoms with Crippen LogP contribution in [0.5, 0.6) is 5.75 Å². The van der Waals surface area contributed by atoms with Crippen molar-refractivity contribution in [2.45, 2.75) is 33.3 Å². The number of hydrogen-bond donors (Lipinski definition) is 1. The maximum atomic E-state index is 14.1. The third-order valence-corrected chi connectivity index (χ3v) is 5.62. The molecule has 0 aliphatic carbocycles. The molecular weight excluding hydrogens is 397 g/mol. The lowest BCUT2D eigenvalue weighted by Gasteiger charge is -2.27. The molecular formula is C23H22FN5O2. The minimum Gasteiger partial charge on any atom is -0.482 e. The first-order valence-electron chi connectivity index (χ1n) is 9.85. The molecule has 1 aromatic carbocycles. The van der Waals surface area contributed by atoms with E-state index >= 15 is 0 Å². The van der Waals surface area contributed by atoms with Gasteiger partial charge in [0.15, 0.2) is 17.4 Å². The van der Waals surface area contributed by atoms with Crippen LogP contribution in [0.4, 0.5) is 10.2 Å². The smallest absolute Gasteiger partial charge is 0.169 e. The van der Waals surface area contributed by atoms with E-state index in [0.29, 0.717) is 33.6 Å². The van der Waals surface area contributed by atoms with Gasteiger partial charge in [0.05, 0.1) is 5.69 Å². The fourth-order valence-electron chi connectivity index (χ4n) is 4.02. The lowest BCUT2D eigenvalue weighted by atomic mass is 9.77. The van der Waals surface area contributed by atoms with Crippen molar-refractivity contribution >= 4 is 11.6 Å². The number of nitrogen functional groups attached to an aromatic ring is 1. The molecule has 1 aliphatic heterocycles. The first-order chi connectivity index (χ1) is 14.6. The summed E-state index contributed by atoms with van der Waals surface area (Å²) in [6.45, 7) is 5.36. The van der Waals surface area contributed by atoms with Gasteiger partial charge in [-0.15, -0.1) is 0 Å². The molecule has 4 rings (SSSR count). The average molecular weight is 419 g/mol. The van der Waals surface area contributed by atoms with E-state index in [4.69, 9.17) is 10.5 Å². The van der Waals surface area contributed by atoms with Gasteiger partial charge in [-0.25, -0.2) is 9.37 Å². The van der Waals surface area contributed by atoms with Gasteiger partial charge in [0, 0.05) is 47.3 Å². The highest BCUT2D eigenvalue weighted by Crippen LogP contribution is 2.39. The number of pyridine rings is 1. The summed E-state index contributed by atoms with van der Waals surface area (Å²) in [6.07, 6.45) is 1.18. The van der Waals surface area contributed by atoms with Crippen LogP contribution in [-0.2, 0) is 13.5 Å². The minimum absolute atomic E-state index is 0.154. The number of nitrogens with zero attached hydrogens (tertiary/aromatic N) is 4.